The van der Waals surface area contributed by atoms with E-state index in [1.54, 1.807) is 6.20 Å². The van der Waals surface area contributed by atoms with E-state index in [0.717, 1.165) is 42.8 Å². The van der Waals surface area contributed by atoms with E-state index in [0.29, 0.717) is 12.0 Å². The van der Waals surface area contributed by atoms with Gasteiger partial charge >= 0.3 is 0 Å². The third-order valence-electron chi connectivity index (χ3n) is 4.28. The molecule has 0 aromatic carbocycles. The molecule has 4 heteroatoms. The second-order valence-electron chi connectivity index (χ2n) is 6.67. The zero-order valence-corrected chi connectivity index (χ0v) is 12.2. The predicted molar refractivity (Wildman–Crippen MR) is 79.1 cm³/mol. The summed E-state index contributed by atoms with van der Waals surface area (Å²) < 4.78 is 0. The standard InChI is InChI=1S/C15H25N3O/c1-11-9-17-13(8-12(11)16)18-10-15(19)6-4-14(2,3)5-7-15/h8-9,19H,4-7,10H2,1-3H3,(H3,16,17,18). The maximum Gasteiger partial charge on any atom is 0.128 e. The van der Waals surface area contributed by atoms with Crippen LogP contribution in [0, 0.1) is 12.3 Å². The predicted octanol–water partition coefficient (Wildman–Crippen LogP) is 2.72. The molecule has 0 saturated heterocycles. The van der Waals surface area contributed by atoms with Gasteiger partial charge in [0.1, 0.15) is 5.82 Å². The van der Waals surface area contributed by atoms with Crippen LogP contribution in [0.4, 0.5) is 11.5 Å². The topological polar surface area (TPSA) is 71.2 Å². The van der Waals surface area contributed by atoms with Crippen LogP contribution in [0.25, 0.3) is 0 Å². The lowest BCUT2D eigenvalue weighted by atomic mass is 9.71. The van der Waals surface area contributed by atoms with Gasteiger partial charge in [-0.05, 0) is 43.6 Å². The van der Waals surface area contributed by atoms with Gasteiger partial charge in [0.15, 0.2) is 0 Å². The summed E-state index contributed by atoms with van der Waals surface area (Å²) in [4.78, 5) is 4.28. The number of nitrogens with one attached hydrogen (secondary N) is 1. The molecule has 106 valence electrons. The lowest BCUT2D eigenvalue weighted by molar-refractivity contribution is -0.0145. The summed E-state index contributed by atoms with van der Waals surface area (Å²) in [5, 5.41) is 13.8. The molecule has 19 heavy (non-hydrogen) atoms. The summed E-state index contributed by atoms with van der Waals surface area (Å²) in [6, 6.07) is 1.82. The summed E-state index contributed by atoms with van der Waals surface area (Å²) in [6.45, 7) is 7.01. The third kappa shape index (κ3) is 3.60. The maximum atomic E-state index is 10.6. The fourth-order valence-electron chi connectivity index (χ4n) is 2.46. The van der Waals surface area contributed by atoms with Gasteiger partial charge in [-0.2, -0.15) is 0 Å². The molecule has 0 aliphatic heterocycles. The SMILES string of the molecule is Cc1cnc(NCC2(O)CCC(C)(C)CC2)cc1N. The first-order chi connectivity index (χ1) is 8.80. The molecule has 0 amide bonds. The first kappa shape index (κ1) is 14.1. The van der Waals surface area contributed by atoms with Gasteiger partial charge in [0, 0.05) is 24.5 Å². The lowest BCUT2D eigenvalue weighted by Crippen LogP contribution is -2.42. The zero-order valence-electron chi connectivity index (χ0n) is 12.2. The van der Waals surface area contributed by atoms with Gasteiger partial charge in [-0.3, -0.25) is 0 Å². The first-order valence-corrected chi connectivity index (χ1v) is 6.98. The molecule has 0 spiro atoms. The Kier molecular flexibility index (Phi) is 3.72. The number of nitrogens with zero attached hydrogens (tertiary/aromatic N) is 1. The number of aliphatic hydroxyl groups is 1. The molecular weight excluding hydrogens is 238 g/mol. The van der Waals surface area contributed by atoms with E-state index in [2.05, 4.69) is 24.1 Å². The Bertz CT molecular complexity index is 447. The highest BCUT2D eigenvalue weighted by molar-refractivity contribution is 5.53. The van der Waals surface area contributed by atoms with Crippen LogP contribution >= 0.6 is 0 Å². The number of anilines is 2. The van der Waals surface area contributed by atoms with Gasteiger partial charge < -0.3 is 16.2 Å². The van der Waals surface area contributed by atoms with E-state index < -0.39 is 5.60 Å². The first-order valence-electron chi connectivity index (χ1n) is 6.98. The van der Waals surface area contributed by atoms with Crippen molar-refractivity contribution in [3.8, 4) is 0 Å². The van der Waals surface area contributed by atoms with Gasteiger partial charge in [0.2, 0.25) is 0 Å². The Labute approximate surface area is 115 Å². The Morgan fingerprint density at radius 2 is 1.95 bits per heavy atom. The van der Waals surface area contributed by atoms with E-state index in [1.165, 1.54) is 0 Å². The van der Waals surface area contributed by atoms with Gasteiger partial charge in [-0.1, -0.05) is 13.8 Å². The van der Waals surface area contributed by atoms with Crippen LogP contribution < -0.4 is 11.1 Å². The molecule has 1 aliphatic rings. The van der Waals surface area contributed by atoms with Crippen LogP contribution in [-0.4, -0.2) is 22.2 Å². The minimum absolute atomic E-state index is 0.360. The quantitative estimate of drug-likeness (QED) is 0.784. The van der Waals surface area contributed by atoms with Crippen LogP contribution in [0.15, 0.2) is 12.3 Å². The second kappa shape index (κ2) is 5.00. The van der Waals surface area contributed by atoms with Crippen LogP contribution in [0.2, 0.25) is 0 Å². The Morgan fingerprint density at radius 1 is 1.32 bits per heavy atom. The molecule has 4 N–H and O–H groups in total. The largest absolute Gasteiger partial charge is 0.398 e. The molecule has 1 fully saturated rings. The van der Waals surface area contributed by atoms with Crippen molar-refractivity contribution in [2.75, 3.05) is 17.6 Å². The van der Waals surface area contributed by atoms with Crippen molar-refractivity contribution in [1.29, 1.82) is 0 Å². The number of nitrogens with two attached hydrogens (primary N) is 1. The maximum absolute atomic E-state index is 10.6. The average Bonchev–Trinajstić information content (AvgIpc) is 2.36. The number of aromatic nitrogens is 1. The van der Waals surface area contributed by atoms with Crippen molar-refractivity contribution in [2.24, 2.45) is 5.41 Å². The molecule has 1 aromatic heterocycles. The highest BCUT2D eigenvalue weighted by atomic mass is 16.3. The monoisotopic (exact) mass is 263 g/mol. The van der Waals surface area contributed by atoms with Gasteiger partial charge in [0.25, 0.3) is 0 Å². The molecular formula is C15H25N3O. The Morgan fingerprint density at radius 3 is 2.53 bits per heavy atom. The van der Waals surface area contributed by atoms with Crippen molar-refractivity contribution >= 4 is 11.5 Å². The fourth-order valence-corrected chi connectivity index (χ4v) is 2.46. The van der Waals surface area contributed by atoms with Crippen molar-refractivity contribution in [2.45, 2.75) is 52.1 Å². The Balaban J connectivity index is 1.93. The number of pyridine rings is 1. The average molecular weight is 263 g/mol. The molecule has 1 heterocycles. The van der Waals surface area contributed by atoms with Crippen molar-refractivity contribution in [3.63, 3.8) is 0 Å². The van der Waals surface area contributed by atoms with E-state index >= 15 is 0 Å². The highest BCUT2D eigenvalue weighted by Crippen LogP contribution is 2.40. The van der Waals surface area contributed by atoms with Crippen LogP contribution in [0.1, 0.15) is 45.1 Å². The molecule has 1 aliphatic carbocycles. The summed E-state index contributed by atoms with van der Waals surface area (Å²) in [6.07, 6.45) is 5.57. The van der Waals surface area contributed by atoms with Gasteiger partial charge in [-0.25, -0.2) is 4.98 Å². The summed E-state index contributed by atoms with van der Waals surface area (Å²) >= 11 is 0. The van der Waals surface area contributed by atoms with Gasteiger partial charge in [-0.15, -0.1) is 0 Å². The summed E-state index contributed by atoms with van der Waals surface area (Å²) in [5.74, 6) is 0.737. The molecule has 1 aromatic rings. The third-order valence-corrected chi connectivity index (χ3v) is 4.28. The molecule has 1 saturated carbocycles. The van der Waals surface area contributed by atoms with Crippen LogP contribution in [0.3, 0.4) is 0 Å². The molecule has 0 bridgehead atoms. The van der Waals surface area contributed by atoms with E-state index in [9.17, 15) is 5.11 Å². The molecule has 4 nitrogen and oxygen atoms in total. The van der Waals surface area contributed by atoms with Crippen LogP contribution in [0.5, 0.6) is 0 Å². The number of rotatable bonds is 3. The van der Waals surface area contributed by atoms with E-state index in [-0.39, 0.29) is 0 Å². The Hall–Kier alpha value is -1.29. The van der Waals surface area contributed by atoms with Crippen molar-refractivity contribution in [3.05, 3.63) is 17.8 Å². The highest BCUT2D eigenvalue weighted by Gasteiger charge is 2.36. The summed E-state index contributed by atoms with van der Waals surface area (Å²) in [5.41, 5.74) is 7.31. The number of nitrogen functional groups attached to an aromatic ring is 1. The minimum Gasteiger partial charge on any atom is -0.398 e. The molecule has 0 atom stereocenters. The smallest absolute Gasteiger partial charge is 0.128 e. The lowest BCUT2D eigenvalue weighted by Gasteiger charge is -2.40. The molecule has 2 rings (SSSR count). The van der Waals surface area contributed by atoms with Gasteiger partial charge in [0.05, 0.1) is 5.60 Å². The van der Waals surface area contributed by atoms with E-state index in [4.69, 9.17) is 5.73 Å². The second-order valence-corrected chi connectivity index (χ2v) is 6.67. The number of aryl methyl sites for hydroxylation is 1. The van der Waals surface area contributed by atoms with E-state index in [1.807, 2.05) is 13.0 Å². The van der Waals surface area contributed by atoms with Crippen LogP contribution in [-0.2, 0) is 0 Å². The summed E-state index contributed by atoms with van der Waals surface area (Å²) in [7, 11) is 0. The minimum atomic E-state index is -0.614. The zero-order chi connectivity index (χ0) is 14.1. The van der Waals surface area contributed by atoms with Crippen molar-refractivity contribution < 1.29 is 5.11 Å². The van der Waals surface area contributed by atoms with Crippen molar-refractivity contribution in [1.82, 2.24) is 4.98 Å². The fraction of sp³-hybridized carbons (Fsp3) is 0.667. The number of hydrogen-bond acceptors (Lipinski definition) is 4. The normalized spacial score (nSPS) is 21.1. The molecule has 0 radical (unpaired) electrons. The molecule has 0 unspecified atom stereocenters. The number of hydrogen-bond donors (Lipinski definition) is 3.